The Balaban J connectivity index is 2.17. The number of carbonyl (C=O) groups excluding carboxylic acids is 3. The van der Waals surface area contributed by atoms with Crippen molar-refractivity contribution in [2.24, 2.45) is 0 Å². The summed E-state index contributed by atoms with van der Waals surface area (Å²) in [4.78, 5) is 39.4. The van der Waals surface area contributed by atoms with E-state index in [0.717, 1.165) is 4.90 Å². The molecule has 0 aromatic heterocycles. The standard InChI is InChI=1S/C20H15NO4/c1-21-18(23)12-6-3-4-8-14(12)20(19(21)24)11-10-15(22)13-7-5-9-16(25-2)17(13)20/h3-11H,1-2H3. The lowest BCUT2D eigenvalue weighted by Crippen LogP contribution is -2.53. The van der Waals surface area contributed by atoms with Crippen molar-refractivity contribution in [1.29, 1.82) is 0 Å². The van der Waals surface area contributed by atoms with Gasteiger partial charge in [0.1, 0.15) is 11.2 Å². The second kappa shape index (κ2) is 5.14. The fourth-order valence-corrected chi connectivity index (χ4v) is 3.76. The van der Waals surface area contributed by atoms with Gasteiger partial charge in [0, 0.05) is 23.7 Å². The molecule has 2 aliphatic rings. The van der Waals surface area contributed by atoms with E-state index in [9.17, 15) is 14.4 Å². The van der Waals surface area contributed by atoms with Gasteiger partial charge in [-0.3, -0.25) is 19.3 Å². The first-order valence-electron chi connectivity index (χ1n) is 7.85. The molecule has 0 bridgehead atoms. The molecule has 1 atom stereocenters. The maximum absolute atomic E-state index is 13.3. The Bertz CT molecular complexity index is 975. The van der Waals surface area contributed by atoms with Crippen LogP contribution in [0.2, 0.25) is 0 Å². The number of amides is 2. The summed E-state index contributed by atoms with van der Waals surface area (Å²) < 4.78 is 5.47. The molecule has 2 amide bonds. The lowest BCUT2D eigenvalue weighted by atomic mass is 9.65. The van der Waals surface area contributed by atoms with Crippen LogP contribution in [0.25, 0.3) is 0 Å². The number of hydrogen-bond acceptors (Lipinski definition) is 4. The second-order valence-electron chi connectivity index (χ2n) is 6.10. The number of benzene rings is 2. The fraction of sp³-hybridized carbons (Fsp3) is 0.150. The Morgan fingerprint density at radius 3 is 2.44 bits per heavy atom. The molecule has 4 rings (SSSR count). The summed E-state index contributed by atoms with van der Waals surface area (Å²) in [6.45, 7) is 0. The van der Waals surface area contributed by atoms with E-state index in [0.29, 0.717) is 28.0 Å². The van der Waals surface area contributed by atoms with Crippen molar-refractivity contribution in [1.82, 2.24) is 4.90 Å². The number of hydrogen-bond donors (Lipinski definition) is 0. The molecule has 124 valence electrons. The van der Waals surface area contributed by atoms with Crippen LogP contribution in [0, 0.1) is 0 Å². The average Bonchev–Trinajstić information content (AvgIpc) is 2.66. The number of imide groups is 1. The largest absolute Gasteiger partial charge is 0.496 e. The molecule has 0 saturated carbocycles. The number of ether oxygens (including phenoxy) is 1. The predicted molar refractivity (Wildman–Crippen MR) is 90.8 cm³/mol. The molecule has 1 spiro atoms. The van der Waals surface area contributed by atoms with Gasteiger partial charge in [-0.2, -0.15) is 0 Å². The van der Waals surface area contributed by atoms with Gasteiger partial charge in [0.05, 0.1) is 7.11 Å². The molecule has 0 saturated heterocycles. The van der Waals surface area contributed by atoms with E-state index < -0.39 is 11.3 Å². The molecule has 0 N–H and O–H groups in total. The molecule has 5 nitrogen and oxygen atoms in total. The number of methoxy groups -OCH3 is 1. The van der Waals surface area contributed by atoms with Crippen molar-refractivity contribution in [2.45, 2.75) is 5.41 Å². The van der Waals surface area contributed by atoms with E-state index in [-0.39, 0.29) is 11.7 Å². The average molecular weight is 333 g/mol. The highest BCUT2D eigenvalue weighted by molar-refractivity contribution is 6.19. The van der Waals surface area contributed by atoms with Gasteiger partial charge in [-0.25, -0.2) is 0 Å². The van der Waals surface area contributed by atoms with Crippen LogP contribution >= 0.6 is 0 Å². The van der Waals surface area contributed by atoms with Gasteiger partial charge in [-0.05, 0) is 23.8 Å². The molecular weight excluding hydrogens is 318 g/mol. The van der Waals surface area contributed by atoms with E-state index in [1.807, 2.05) is 0 Å². The zero-order chi connectivity index (χ0) is 17.8. The number of rotatable bonds is 1. The summed E-state index contributed by atoms with van der Waals surface area (Å²) in [6.07, 6.45) is 2.99. The van der Waals surface area contributed by atoms with E-state index in [4.69, 9.17) is 4.74 Å². The zero-order valence-corrected chi connectivity index (χ0v) is 13.8. The first kappa shape index (κ1) is 15.3. The lowest BCUT2D eigenvalue weighted by molar-refractivity contribution is -0.131. The number of nitrogens with zero attached hydrogens (tertiary/aromatic N) is 1. The second-order valence-corrected chi connectivity index (χ2v) is 6.10. The minimum atomic E-state index is -1.25. The minimum absolute atomic E-state index is 0.190. The Morgan fingerprint density at radius 2 is 1.68 bits per heavy atom. The van der Waals surface area contributed by atoms with Crippen LogP contribution in [0.5, 0.6) is 5.75 Å². The first-order chi connectivity index (χ1) is 12.0. The van der Waals surface area contributed by atoms with Crippen molar-refractivity contribution < 1.29 is 19.1 Å². The van der Waals surface area contributed by atoms with Crippen LogP contribution in [0.4, 0.5) is 0 Å². The molecule has 1 aliphatic heterocycles. The third-order valence-corrected chi connectivity index (χ3v) is 4.92. The van der Waals surface area contributed by atoms with Gasteiger partial charge in [-0.1, -0.05) is 36.4 Å². The Labute approximate surface area is 144 Å². The fourth-order valence-electron chi connectivity index (χ4n) is 3.76. The number of carbonyl (C=O) groups is 3. The smallest absolute Gasteiger partial charge is 0.260 e. The zero-order valence-electron chi connectivity index (χ0n) is 13.8. The molecule has 25 heavy (non-hydrogen) atoms. The molecular formula is C20H15NO4. The van der Waals surface area contributed by atoms with Gasteiger partial charge in [-0.15, -0.1) is 0 Å². The van der Waals surface area contributed by atoms with E-state index in [2.05, 4.69) is 0 Å². The highest BCUT2D eigenvalue weighted by atomic mass is 16.5. The summed E-state index contributed by atoms with van der Waals surface area (Å²) >= 11 is 0. The summed E-state index contributed by atoms with van der Waals surface area (Å²) in [6, 6.07) is 12.1. The first-order valence-corrected chi connectivity index (χ1v) is 7.85. The SMILES string of the molecule is COc1cccc2c1C1(C=CC2=O)C(=O)N(C)C(=O)c2ccccc21. The van der Waals surface area contributed by atoms with Crippen molar-refractivity contribution in [3.8, 4) is 5.75 Å². The minimum Gasteiger partial charge on any atom is -0.496 e. The number of likely N-dealkylation sites (N-methyl/N-ethyl adjacent to an activating group) is 1. The number of ketones is 1. The lowest BCUT2D eigenvalue weighted by Gasteiger charge is -2.41. The molecule has 2 aromatic rings. The molecule has 1 unspecified atom stereocenters. The summed E-state index contributed by atoms with van der Waals surface area (Å²) in [5.74, 6) is -0.496. The molecule has 1 heterocycles. The van der Waals surface area contributed by atoms with Crippen LogP contribution in [0.1, 0.15) is 31.8 Å². The predicted octanol–water partition coefficient (Wildman–Crippen LogP) is 2.35. The van der Waals surface area contributed by atoms with Gasteiger partial charge < -0.3 is 4.74 Å². The summed E-state index contributed by atoms with van der Waals surface area (Å²) in [5.41, 5.74) is 0.655. The maximum Gasteiger partial charge on any atom is 0.260 e. The molecule has 0 fully saturated rings. The van der Waals surface area contributed by atoms with Gasteiger partial charge in [0.25, 0.3) is 5.91 Å². The highest BCUT2D eigenvalue weighted by Crippen LogP contribution is 2.48. The third-order valence-electron chi connectivity index (χ3n) is 4.92. The molecule has 1 aliphatic carbocycles. The van der Waals surface area contributed by atoms with E-state index in [1.165, 1.54) is 20.2 Å². The van der Waals surface area contributed by atoms with Crippen LogP contribution < -0.4 is 4.74 Å². The Kier molecular flexibility index (Phi) is 3.15. The molecule has 0 radical (unpaired) electrons. The van der Waals surface area contributed by atoms with Gasteiger partial charge >= 0.3 is 0 Å². The van der Waals surface area contributed by atoms with E-state index in [1.54, 1.807) is 48.5 Å². The Morgan fingerprint density at radius 1 is 0.960 bits per heavy atom. The van der Waals surface area contributed by atoms with Crippen molar-refractivity contribution in [2.75, 3.05) is 14.2 Å². The van der Waals surface area contributed by atoms with Crippen LogP contribution in [0.3, 0.4) is 0 Å². The summed E-state index contributed by atoms with van der Waals surface area (Å²) in [5, 5.41) is 0. The monoisotopic (exact) mass is 333 g/mol. The third kappa shape index (κ3) is 1.80. The maximum atomic E-state index is 13.3. The Hall–Kier alpha value is -3.21. The van der Waals surface area contributed by atoms with Crippen LogP contribution in [0.15, 0.2) is 54.6 Å². The molecule has 2 aromatic carbocycles. The quantitative estimate of drug-likeness (QED) is 0.752. The summed E-state index contributed by atoms with van der Waals surface area (Å²) in [7, 11) is 2.96. The van der Waals surface area contributed by atoms with Crippen molar-refractivity contribution >= 4 is 17.6 Å². The van der Waals surface area contributed by atoms with Crippen LogP contribution in [-0.4, -0.2) is 36.7 Å². The van der Waals surface area contributed by atoms with Crippen molar-refractivity contribution in [3.63, 3.8) is 0 Å². The van der Waals surface area contributed by atoms with Crippen molar-refractivity contribution in [3.05, 3.63) is 76.9 Å². The number of fused-ring (bicyclic) bond motifs is 4. The normalized spacial score (nSPS) is 21.4. The molecule has 5 heteroatoms. The van der Waals surface area contributed by atoms with Crippen LogP contribution in [-0.2, 0) is 10.2 Å². The van der Waals surface area contributed by atoms with E-state index >= 15 is 0 Å². The number of allylic oxidation sites excluding steroid dienone is 1. The van der Waals surface area contributed by atoms with Gasteiger partial charge in [0.15, 0.2) is 5.78 Å². The topological polar surface area (TPSA) is 63.7 Å². The van der Waals surface area contributed by atoms with Gasteiger partial charge in [0.2, 0.25) is 5.91 Å². The highest BCUT2D eigenvalue weighted by Gasteiger charge is 2.53.